The minimum Gasteiger partial charge on any atom is -0.393 e. The number of hydrogen-bond donors (Lipinski definition) is 2. The number of aliphatic hydroxyl groups excluding tert-OH is 1. The number of aromatic nitrogens is 1. The van der Waals surface area contributed by atoms with E-state index in [1.807, 2.05) is 0 Å². The van der Waals surface area contributed by atoms with Crippen LogP contribution < -0.4 is 5.32 Å². The first kappa shape index (κ1) is 16.7. The number of carbonyl (C=O) groups excluding carboxylic acids is 1. The van der Waals surface area contributed by atoms with Gasteiger partial charge in [-0.15, -0.1) is 0 Å². The summed E-state index contributed by atoms with van der Waals surface area (Å²) in [6.45, 7) is 0. The fourth-order valence-electron chi connectivity index (χ4n) is 3.10. The van der Waals surface area contributed by atoms with Gasteiger partial charge in [0.2, 0.25) is 0 Å². The lowest BCUT2D eigenvalue weighted by Crippen LogP contribution is -2.39. The fourth-order valence-corrected chi connectivity index (χ4v) is 3.10. The molecule has 24 heavy (non-hydrogen) atoms. The molecule has 4 nitrogen and oxygen atoms in total. The van der Waals surface area contributed by atoms with Crippen molar-refractivity contribution in [3.05, 3.63) is 41.6 Å². The topological polar surface area (TPSA) is 62.2 Å². The summed E-state index contributed by atoms with van der Waals surface area (Å²) in [4.78, 5) is 16.4. The number of para-hydroxylation sites is 1. The standard InChI is InChI=1S/C17H17F3N2O2/c18-17(19,20)15-12-3-1-2-4-14(12)21-9-13(15)16(24)22-10-5-7-11(23)8-6-10/h1-4,9-11,23H,5-8H2,(H,22,24). The summed E-state index contributed by atoms with van der Waals surface area (Å²) in [5.74, 6) is -0.776. The molecule has 0 unspecified atom stereocenters. The molecule has 3 rings (SSSR count). The third-order valence-corrected chi connectivity index (χ3v) is 4.34. The lowest BCUT2D eigenvalue weighted by molar-refractivity contribution is -0.136. The van der Waals surface area contributed by atoms with Gasteiger partial charge in [-0.2, -0.15) is 13.2 Å². The maximum absolute atomic E-state index is 13.5. The molecule has 1 saturated carbocycles. The van der Waals surface area contributed by atoms with Gasteiger partial charge in [0.1, 0.15) is 0 Å². The molecule has 128 valence electrons. The van der Waals surface area contributed by atoms with E-state index >= 15 is 0 Å². The molecule has 0 atom stereocenters. The Bertz CT molecular complexity index is 753. The molecule has 1 aliphatic carbocycles. The summed E-state index contributed by atoms with van der Waals surface area (Å²) in [6.07, 6.45) is -1.90. The number of fused-ring (bicyclic) bond motifs is 1. The average Bonchev–Trinajstić information content (AvgIpc) is 2.55. The molecule has 2 aromatic rings. The van der Waals surface area contributed by atoms with Crippen molar-refractivity contribution < 1.29 is 23.1 Å². The zero-order chi connectivity index (χ0) is 17.3. The predicted molar refractivity (Wildman–Crippen MR) is 82.5 cm³/mol. The molecule has 0 aliphatic heterocycles. The third kappa shape index (κ3) is 3.36. The monoisotopic (exact) mass is 338 g/mol. The third-order valence-electron chi connectivity index (χ3n) is 4.34. The van der Waals surface area contributed by atoms with E-state index in [9.17, 15) is 23.1 Å². The number of nitrogens with one attached hydrogen (secondary N) is 1. The first-order chi connectivity index (χ1) is 11.4. The van der Waals surface area contributed by atoms with Gasteiger partial charge >= 0.3 is 6.18 Å². The number of benzene rings is 1. The van der Waals surface area contributed by atoms with E-state index in [-0.39, 0.29) is 16.9 Å². The van der Waals surface area contributed by atoms with E-state index in [0.717, 1.165) is 6.20 Å². The highest BCUT2D eigenvalue weighted by atomic mass is 19.4. The normalized spacial score (nSPS) is 21.7. The van der Waals surface area contributed by atoms with Gasteiger partial charge in [-0.25, -0.2) is 0 Å². The second kappa shape index (κ2) is 6.39. The van der Waals surface area contributed by atoms with E-state index in [2.05, 4.69) is 10.3 Å². The second-order valence-electron chi connectivity index (χ2n) is 6.04. The summed E-state index contributed by atoms with van der Waals surface area (Å²) in [7, 11) is 0. The van der Waals surface area contributed by atoms with Crippen LogP contribution in [0.3, 0.4) is 0 Å². The van der Waals surface area contributed by atoms with Crippen molar-refractivity contribution in [1.82, 2.24) is 10.3 Å². The van der Waals surface area contributed by atoms with Crippen molar-refractivity contribution in [2.45, 2.75) is 44.0 Å². The minimum absolute atomic E-state index is 0.0864. The van der Waals surface area contributed by atoms with Gasteiger partial charge in [0.15, 0.2) is 0 Å². The van der Waals surface area contributed by atoms with Gasteiger partial charge in [-0.1, -0.05) is 18.2 Å². The van der Waals surface area contributed by atoms with Crippen molar-refractivity contribution >= 4 is 16.8 Å². The Hall–Kier alpha value is -2.15. The number of nitrogens with zero attached hydrogens (tertiary/aromatic N) is 1. The lowest BCUT2D eigenvalue weighted by Gasteiger charge is -2.26. The van der Waals surface area contributed by atoms with Crippen molar-refractivity contribution in [2.24, 2.45) is 0 Å². The van der Waals surface area contributed by atoms with Gasteiger partial charge in [0.05, 0.1) is 22.7 Å². The van der Waals surface area contributed by atoms with Gasteiger partial charge in [-0.3, -0.25) is 9.78 Å². The number of hydrogen-bond acceptors (Lipinski definition) is 3. The highest BCUT2D eigenvalue weighted by Gasteiger charge is 2.38. The zero-order valence-electron chi connectivity index (χ0n) is 12.8. The number of pyridine rings is 1. The van der Waals surface area contributed by atoms with Gasteiger partial charge in [0.25, 0.3) is 5.91 Å². The molecule has 1 aromatic carbocycles. The molecular formula is C17H17F3N2O2. The Morgan fingerprint density at radius 2 is 1.83 bits per heavy atom. The molecule has 0 saturated heterocycles. The SMILES string of the molecule is O=C(NC1CCC(O)CC1)c1cnc2ccccc2c1C(F)(F)F. The van der Waals surface area contributed by atoms with Gasteiger partial charge in [-0.05, 0) is 31.7 Å². The van der Waals surface area contributed by atoms with Crippen molar-refractivity contribution in [3.63, 3.8) is 0 Å². The Morgan fingerprint density at radius 3 is 2.50 bits per heavy atom. The van der Waals surface area contributed by atoms with E-state index in [1.165, 1.54) is 18.2 Å². The smallest absolute Gasteiger partial charge is 0.393 e. The molecule has 1 fully saturated rings. The quantitative estimate of drug-likeness (QED) is 0.883. The number of rotatable bonds is 2. The maximum Gasteiger partial charge on any atom is 0.417 e. The van der Waals surface area contributed by atoms with Gasteiger partial charge in [0, 0.05) is 17.6 Å². The molecular weight excluding hydrogens is 321 g/mol. The first-order valence-electron chi connectivity index (χ1n) is 7.80. The molecule has 1 aliphatic rings. The summed E-state index contributed by atoms with van der Waals surface area (Å²) in [5.41, 5.74) is -1.23. The Morgan fingerprint density at radius 1 is 1.17 bits per heavy atom. The van der Waals surface area contributed by atoms with Crippen molar-refractivity contribution in [2.75, 3.05) is 0 Å². The van der Waals surface area contributed by atoms with Crippen LogP contribution in [0.4, 0.5) is 13.2 Å². The summed E-state index contributed by atoms with van der Waals surface area (Å²) < 4.78 is 40.6. The van der Waals surface area contributed by atoms with Crippen LogP contribution in [0.25, 0.3) is 10.9 Å². The highest BCUT2D eigenvalue weighted by Crippen LogP contribution is 2.36. The largest absolute Gasteiger partial charge is 0.417 e. The number of amides is 1. The Balaban J connectivity index is 1.95. The molecule has 0 radical (unpaired) electrons. The molecule has 0 spiro atoms. The van der Waals surface area contributed by atoms with Crippen LogP contribution in [0.2, 0.25) is 0 Å². The highest BCUT2D eigenvalue weighted by molar-refractivity contribution is 6.00. The second-order valence-corrected chi connectivity index (χ2v) is 6.04. The minimum atomic E-state index is -4.65. The van der Waals surface area contributed by atoms with E-state index < -0.39 is 29.3 Å². The number of carbonyl (C=O) groups is 1. The van der Waals surface area contributed by atoms with Crippen LogP contribution in [-0.2, 0) is 6.18 Å². The Labute approximate surface area is 136 Å². The fraction of sp³-hybridized carbons (Fsp3) is 0.412. The number of halogens is 3. The van der Waals surface area contributed by atoms with E-state index in [1.54, 1.807) is 6.07 Å². The first-order valence-corrected chi connectivity index (χ1v) is 7.80. The molecule has 0 bridgehead atoms. The molecule has 1 amide bonds. The Kier molecular flexibility index (Phi) is 4.45. The number of alkyl halides is 3. The zero-order valence-corrected chi connectivity index (χ0v) is 12.8. The lowest BCUT2D eigenvalue weighted by atomic mass is 9.92. The van der Waals surface area contributed by atoms with Crippen LogP contribution in [-0.4, -0.2) is 28.1 Å². The number of aliphatic hydroxyl groups is 1. The van der Waals surface area contributed by atoms with Gasteiger partial charge < -0.3 is 10.4 Å². The molecule has 2 N–H and O–H groups in total. The van der Waals surface area contributed by atoms with E-state index in [0.29, 0.717) is 25.7 Å². The molecule has 1 aromatic heterocycles. The van der Waals surface area contributed by atoms with E-state index in [4.69, 9.17) is 0 Å². The molecule has 1 heterocycles. The summed E-state index contributed by atoms with van der Waals surface area (Å²) >= 11 is 0. The van der Waals surface area contributed by atoms with Crippen LogP contribution >= 0.6 is 0 Å². The summed E-state index contributed by atoms with van der Waals surface area (Å²) in [5, 5.41) is 12.0. The maximum atomic E-state index is 13.5. The van der Waals surface area contributed by atoms with Crippen molar-refractivity contribution in [1.29, 1.82) is 0 Å². The van der Waals surface area contributed by atoms with Crippen LogP contribution in [0.15, 0.2) is 30.5 Å². The average molecular weight is 338 g/mol. The predicted octanol–water partition coefficient (Wildman–Crippen LogP) is 3.29. The van der Waals surface area contributed by atoms with Crippen molar-refractivity contribution in [3.8, 4) is 0 Å². The molecule has 7 heteroatoms. The van der Waals surface area contributed by atoms with Crippen LogP contribution in [0.5, 0.6) is 0 Å². The van der Waals surface area contributed by atoms with Crippen LogP contribution in [0.1, 0.15) is 41.6 Å². The summed E-state index contributed by atoms with van der Waals surface area (Å²) in [6, 6.07) is 5.66. The van der Waals surface area contributed by atoms with Crippen LogP contribution in [0, 0.1) is 0 Å².